The van der Waals surface area contributed by atoms with Crippen LogP contribution in [0.4, 0.5) is 4.39 Å². The van der Waals surface area contributed by atoms with Gasteiger partial charge in [0.25, 0.3) is 0 Å². The summed E-state index contributed by atoms with van der Waals surface area (Å²) < 4.78 is 13.5. The van der Waals surface area contributed by atoms with Crippen LogP contribution in [0.2, 0.25) is 0 Å². The summed E-state index contributed by atoms with van der Waals surface area (Å²) in [4.78, 5) is 15.9. The van der Waals surface area contributed by atoms with Crippen molar-refractivity contribution in [2.45, 2.75) is 6.42 Å². The number of nitrogens with two attached hydrogens (primary N) is 1. The molecule has 3 nitrogen and oxygen atoms in total. The highest BCUT2D eigenvalue weighted by molar-refractivity contribution is 6.10. The zero-order chi connectivity index (χ0) is 13.0. The van der Waals surface area contributed by atoms with E-state index >= 15 is 0 Å². The molecule has 1 aromatic carbocycles. The van der Waals surface area contributed by atoms with E-state index in [4.69, 9.17) is 5.73 Å². The van der Waals surface area contributed by atoms with Gasteiger partial charge in [-0.05, 0) is 24.6 Å². The molecule has 0 aliphatic carbocycles. The van der Waals surface area contributed by atoms with Gasteiger partial charge in [0.15, 0.2) is 11.6 Å². The Morgan fingerprint density at radius 3 is 2.72 bits per heavy atom. The Hall–Kier alpha value is -2.07. The van der Waals surface area contributed by atoms with Crippen LogP contribution in [0, 0.1) is 5.82 Å². The van der Waals surface area contributed by atoms with Crippen molar-refractivity contribution in [3.63, 3.8) is 0 Å². The van der Waals surface area contributed by atoms with Gasteiger partial charge in [0.2, 0.25) is 0 Å². The summed E-state index contributed by atoms with van der Waals surface area (Å²) >= 11 is 0. The van der Waals surface area contributed by atoms with Crippen LogP contribution in [0.25, 0.3) is 0 Å². The lowest BCUT2D eigenvalue weighted by molar-refractivity contribution is 0.103. The number of nitrogens with zero attached hydrogens (tertiary/aromatic N) is 1. The van der Waals surface area contributed by atoms with Gasteiger partial charge in [-0.3, -0.25) is 9.78 Å². The van der Waals surface area contributed by atoms with Crippen LogP contribution in [-0.2, 0) is 6.42 Å². The lowest BCUT2D eigenvalue weighted by atomic mass is 9.97. The molecule has 92 valence electrons. The van der Waals surface area contributed by atoms with E-state index in [1.54, 1.807) is 12.1 Å². The molecule has 2 N–H and O–H groups in total. The van der Waals surface area contributed by atoms with Crippen LogP contribution in [0.15, 0.2) is 42.7 Å². The minimum atomic E-state index is -0.606. The lowest BCUT2D eigenvalue weighted by Crippen LogP contribution is -2.11. The van der Waals surface area contributed by atoms with Gasteiger partial charge in [0.05, 0.1) is 11.8 Å². The molecule has 0 amide bonds. The maximum absolute atomic E-state index is 13.5. The monoisotopic (exact) mass is 244 g/mol. The predicted molar refractivity (Wildman–Crippen MR) is 66.8 cm³/mol. The van der Waals surface area contributed by atoms with Crippen molar-refractivity contribution in [3.05, 3.63) is 65.2 Å². The smallest absolute Gasteiger partial charge is 0.196 e. The Balaban J connectivity index is 2.43. The summed E-state index contributed by atoms with van der Waals surface area (Å²) in [5.74, 6) is -0.941. The van der Waals surface area contributed by atoms with Gasteiger partial charge in [-0.2, -0.15) is 0 Å². The van der Waals surface area contributed by atoms with Crippen LogP contribution in [-0.4, -0.2) is 17.3 Å². The molecular weight excluding hydrogens is 231 g/mol. The molecule has 1 aromatic heterocycles. The standard InChI is InChI=1S/C14H13FN2O/c15-13-9-17-8-6-12(13)14(18)11-4-2-1-3-10(11)5-7-16/h1-4,6,8-9H,5,7,16H2. The first-order chi connectivity index (χ1) is 8.74. The summed E-state index contributed by atoms with van der Waals surface area (Å²) in [6.45, 7) is 0.448. The number of halogens is 1. The van der Waals surface area contributed by atoms with Crippen LogP contribution < -0.4 is 5.73 Å². The van der Waals surface area contributed by atoms with Crippen LogP contribution >= 0.6 is 0 Å². The second-order valence-corrected chi connectivity index (χ2v) is 3.88. The summed E-state index contributed by atoms with van der Waals surface area (Å²) in [7, 11) is 0. The molecule has 2 aromatic rings. The third-order valence-corrected chi connectivity index (χ3v) is 2.69. The highest BCUT2D eigenvalue weighted by Gasteiger charge is 2.16. The zero-order valence-corrected chi connectivity index (χ0v) is 9.77. The fraction of sp³-hybridized carbons (Fsp3) is 0.143. The molecule has 0 atom stereocenters. The third-order valence-electron chi connectivity index (χ3n) is 2.69. The van der Waals surface area contributed by atoms with Crippen molar-refractivity contribution in [2.75, 3.05) is 6.54 Å². The number of carbonyl (C=O) groups is 1. The van der Waals surface area contributed by atoms with Crippen molar-refractivity contribution in [1.29, 1.82) is 0 Å². The van der Waals surface area contributed by atoms with E-state index in [0.717, 1.165) is 11.8 Å². The fourth-order valence-corrected chi connectivity index (χ4v) is 1.82. The number of hydrogen-bond acceptors (Lipinski definition) is 3. The summed E-state index contributed by atoms with van der Waals surface area (Å²) in [5.41, 5.74) is 6.87. The van der Waals surface area contributed by atoms with Crippen LogP contribution in [0.1, 0.15) is 21.5 Å². The minimum Gasteiger partial charge on any atom is -0.330 e. The number of pyridine rings is 1. The fourth-order valence-electron chi connectivity index (χ4n) is 1.82. The Labute approximate surface area is 104 Å². The molecule has 0 aliphatic heterocycles. The molecule has 0 bridgehead atoms. The molecule has 0 fully saturated rings. The second kappa shape index (κ2) is 5.51. The SMILES string of the molecule is NCCc1ccccc1C(=O)c1ccncc1F. The number of hydrogen-bond donors (Lipinski definition) is 1. The van der Waals surface area contributed by atoms with Gasteiger partial charge < -0.3 is 5.73 Å². The number of benzene rings is 1. The number of aromatic nitrogens is 1. The van der Waals surface area contributed by atoms with Crippen LogP contribution in [0.3, 0.4) is 0 Å². The Morgan fingerprint density at radius 2 is 2.00 bits per heavy atom. The first-order valence-corrected chi connectivity index (χ1v) is 5.66. The molecule has 0 radical (unpaired) electrons. The maximum Gasteiger partial charge on any atom is 0.196 e. The van der Waals surface area contributed by atoms with E-state index in [1.165, 1.54) is 12.3 Å². The van der Waals surface area contributed by atoms with Gasteiger partial charge in [-0.15, -0.1) is 0 Å². The van der Waals surface area contributed by atoms with Crippen molar-refractivity contribution < 1.29 is 9.18 Å². The quantitative estimate of drug-likeness (QED) is 0.836. The van der Waals surface area contributed by atoms with Gasteiger partial charge in [-0.1, -0.05) is 24.3 Å². The normalized spacial score (nSPS) is 10.3. The molecule has 4 heteroatoms. The molecule has 18 heavy (non-hydrogen) atoms. The number of carbonyl (C=O) groups excluding carboxylic acids is 1. The van der Waals surface area contributed by atoms with E-state index < -0.39 is 5.82 Å². The molecule has 0 unspecified atom stereocenters. The van der Waals surface area contributed by atoms with Gasteiger partial charge in [0.1, 0.15) is 0 Å². The van der Waals surface area contributed by atoms with Crippen LogP contribution in [0.5, 0.6) is 0 Å². The highest BCUT2D eigenvalue weighted by atomic mass is 19.1. The summed E-state index contributed by atoms with van der Waals surface area (Å²) in [6, 6.07) is 8.50. The molecule has 0 aliphatic rings. The van der Waals surface area contributed by atoms with E-state index in [0.29, 0.717) is 18.5 Å². The largest absolute Gasteiger partial charge is 0.330 e. The van der Waals surface area contributed by atoms with Crippen molar-refractivity contribution in [3.8, 4) is 0 Å². The molecule has 0 spiro atoms. The molecular formula is C14H13FN2O. The Bertz CT molecular complexity index is 569. The molecule has 1 heterocycles. The van der Waals surface area contributed by atoms with E-state index in [9.17, 15) is 9.18 Å². The summed E-state index contributed by atoms with van der Waals surface area (Å²) in [6.07, 6.45) is 3.04. The third kappa shape index (κ3) is 2.43. The van der Waals surface area contributed by atoms with E-state index in [2.05, 4.69) is 4.98 Å². The molecule has 2 rings (SSSR count). The average Bonchev–Trinajstić information content (AvgIpc) is 2.40. The average molecular weight is 244 g/mol. The van der Waals surface area contributed by atoms with E-state index in [-0.39, 0.29) is 11.3 Å². The summed E-state index contributed by atoms with van der Waals surface area (Å²) in [5, 5.41) is 0. The second-order valence-electron chi connectivity index (χ2n) is 3.88. The van der Waals surface area contributed by atoms with Crippen molar-refractivity contribution in [2.24, 2.45) is 5.73 Å². The predicted octanol–water partition coefficient (Wildman–Crippen LogP) is 1.95. The van der Waals surface area contributed by atoms with Gasteiger partial charge in [0, 0.05) is 11.8 Å². The van der Waals surface area contributed by atoms with Crippen molar-refractivity contribution in [1.82, 2.24) is 4.98 Å². The maximum atomic E-state index is 13.5. The highest BCUT2D eigenvalue weighted by Crippen LogP contribution is 2.16. The topological polar surface area (TPSA) is 56.0 Å². The van der Waals surface area contributed by atoms with Gasteiger partial charge in [-0.25, -0.2) is 4.39 Å². The van der Waals surface area contributed by atoms with Gasteiger partial charge >= 0.3 is 0 Å². The Morgan fingerprint density at radius 1 is 1.22 bits per heavy atom. The van der Waals surface area contributed by atoms with E-state index in [1.807, 2.05) is 12.1 Å². The molecule has 0 saturated carbocycles. The number of ketones is 1. The lowest BCUT2D eigenvalue weighted by Gasteiger charge is -2.08. The first-order valence-electron chi connectivity index (χ1n) is 5.66. The molecule has 0 saturated heterocycles. The minimum absolute atomic E-state index is 0.0365. The number of rotatable bonds is 4. The van der Waals surface area contributed by atoms with Crippen molar-refractivity contribution >= 4 is 5.78 Å². The first kappa shape index (κ1) is 12.4. The zero-order valence-electron chi connectivity index (χ0n) is 9.77. The Kier molecular flexibility index (Phi) is 3.79.